The minimum Gasteiger partial charge on any atom is -0.354 e. The van der Waals surface area contributed by atoms with Crippen molar-refractivity contribution in [1.82, 2.24) is 24.8 Å². The monoisotopic (exact) mass is 396 g/mol. The zero-order valence-electron chi connectivity index (χ0n) is 17.9. The van der Waals surface area contributed by atoms with Crippen LogP contribution in [0, 0.1) is 18.3 Å². The first-order valence-corrected chi connectivity index (χ1v) is 11.0. The van der Waals surface area contributed by atoms with Crippen molar-refractivity contribution in [1.29, 1.82) is 0 Å². The number of rotatable bonds is 2. The van der Waals surface area contributed by atoms with Crippen molar-refractivity contribution in [2.45, 2.75) is 46.5 Å². The standard InChI is InChI=1S/C22H32N6O/c1-15-12-24-28-19(15)25-18-5-9-23-8-4-17(18)20(28)27-13-16(14-27)21(29)26-10-6-22(2,3)7-11-26/h12,16,23H,4-11,13-14H2,1-3H3. The molecule has 2 aromatic rings. The molecule has 0 saturated carbocycles. The van der Waals surface area contributed by atoms with Gasteiger partial charge in [0.1, 0.15) is 5.82 Å². The maximum Gasteiger partial charge on any atom is 0.229 e. The predicted molar refractivity (Wildman–Crippen MR) is 113 cm³/mol. The number of nitrogens with zero attached hydrogens (tertiary/aromatic N) is 5. The predicted octanol–water partition coefficient (Wildman–Crippen LogP) is 1.81. The van der Waals surface area contributed by atoms with E-state index in [1.54, 1.807) is 0 Å². The molecule has 2 fully saturated rings. The molecule has 3 aliphatic rings. The van der Waals surface area contributed by atoms with Gasteiger partial charge < -0.3 is 15.1 Å². The summed E-state index contributed by atoms with van der Waals surface area (Å²) in [6.45, 7) is 12.0. The Balaban J connectivity index is 1.38. The Morgan fingerprint density at radius 1 is 1.17 bits per heavy atom. The summed E-state index contributed by atoms with van der Waals surface area (Å²) in [6, 6.07) is 0. The third-order valence-corrected chi connectivity index (χ3v) is 7.03. The van der Waals surface area contributed by atoms with E-state index in [0.717, 1.165) is 82.0 Å². The van der Waals surface area contributed by atoms with Crippen LogP contribution in [0.15, 0.2) is 6.20 Å². The molecular weight excluding hydrogens is 364 g/mol. The van der Waals surface area contributed by atoms with Gasteiger partial charge in [-0.1, -0.05) is 13.8 Å². The molecule has 0 atom stereocenters. The molecule has 0 aliphatic carbocycles. The molecule has 0 aromatic carbocycles. The lowest BCUT2D eigenvalue weighted by Gasteiger charge is -2.45. The number of hydrogen-bond acceptors (Lipinski definition) is 5. The Morgan fingerprint density at radius 2 is 1.90 bits per heavy atom. The second-order valence-corrected chi connectivity index (χ2v) is 9.77. The summed E-state index contributed by atoms with van der Waals surface area (Å²) >= 11 is 0. The minimum absolute atomic E-state index is 0.107. The number of aryl methyl sites for hydroxylation is 1. The lowest BCUT2D eigenvalue weighted by Crippen LogP contribution is -2.56. The van der Waals surface area contributed by atoms with E-state index in [9.17, 15) is 4.79 Å². The number of carbonyl (C=O) groups is 1. The maximum atomic E-state index is 13.0. The van der Waals surface area contributed by atoms with Crippen LogP contribution in [0.5, 0.6) is 0 Å². The van der Waals surface area contributed by atoms with E-state index >= 15 is 0 Å². The lowest BCUT2D eigenvalue weighted by molar-refractivity contribution is -0.138. The first kappa shape index (κ1) is 18.9. The number of aromatic nitrogens is 3. The molecule has 0 spiro atoms. The average Bonchev–Trinajstić information content (AvgIpc) is 2.87. The Labute approximate surface area is 172 Å². The number of anilines is 1. The molecule has 7 heteroatoms. The largest absolute Gasteiger partial charge is 0.354 e. The second-order valence-electron chi connectivity index (χ2n) is 9.77. The van der Waals surface area contributed by atoms with Crippen molar-refractivity contribution >= 4 is 17.4 Å². The van der Waals surface area contributed by atoms with Crippen molar-refractivity contribution < 1.29 is 4.79 Å². The van der Waals surface area contributed by atoms with Crippen LogP contribution in [0.4, 0.5) is 5.82 Å². The summed E-state index contributed by atoms with van der Waals surface area (Å²) in [5.41, 5.74) is 4.92. The highest BCUT2D eigenvalue weighted by Gasteiger charge is 2.39. The molecule has 7 nitrogen and oxygen atoms in total. The summed E-state index contributed by atoms with van der Waals surface area (Å²) in [5, 5.41) is 8.12. The van der Waals surface area contributed by atoms with Crippen molar-refractivity contribution in [3.8, 4) is 0 Å². The number of nitrogens with one attached hydrogen (secondary N) is 1. The fourth-order valence-corrected chi connectivity index (χ4v) is 4.90. The van der Waals surface area contributed by atoms with Crippen LogP contribution >= 0.6 is 0 Å². The van der Waals surface area contributed by atoms with Crippen LogP contribution < -0.4 is 10.2 Å². The van der Waals surface area contributed by atoms with E-state index in [2.05, 4.69) is 41.0 Å². The van der Waals surface area contributed by atoms with Gasteiger partial charge in [-0.05, 0) is 38.1 Å². The highest BCUT2D eigenvalue weighted by Crippen LogP contribution is 2.34. The highest BCUT2D eigenvalue weighted by atomic mass is 16.2. The van der Waals surface area contributed by atoms with E-state index in [-0.39, 0.29) is 5.92 Å². The normalized spacial score (nSPS) is 22.3. The van der Waals surface area contributed by atoms with Gasteiger partial charge in [0, 0.05) is 50.3 Å². The fraction of sp³-hybridized carbons (Fsp3) is 0.682. The summed E-state index contributed by atoms with van der Waals surface area (Å²) in [5.74, 6) is 1.60. The molecule has 0 unspecified atom stereocenters. The number of amides is 1. The summed E-state index contributed by atoms with van der Waals surface area (Å²) in [7, 11) is 0. The number of fused-ring (bicyclic) bond motifs is 2. The maximum absolute atomic E-state index is 13.0. The molecule has 5 rings (SSSR count). The van der Waals surface area contributed by atoms with Crippen LogP contribution in [-0.4, -0.2) is 64.7 Å². The summed E-state index contributed by atoms with van der Waals surface area (Å²) in [4.78, 5) is 22.4. The summed E-state index contributed by atoms with van der Waals surface area (Å²) < 4.78 is 2.00. The van der Waals surface area contributed by atoms with Gasteiger partial charge in [-0.3, -0.25) is 4.79 Å². The van der Waals surface area contributed by atoms with Gasteiger partial charge in [0.25, 0.3) is 0 Å². The number of piperidine rings is 1. The van der Waals surface area contributed by atoms with Crippen molar-refractivity contribution in [3.05, 3.63) is 23.0 Å². The van der Waals surface area contributed by atoms with Crippen molar-refractivity contribution in [2.75, 3.05) is 44.2 Å². The molecule has 29 heavy (non-hydrogen) atoms. The summed E-state index contributed by atoms with van der Waals surface area (Å²) in [6.07, 6.45) is 6.02. The third-order valence-electron chi connectivity index (χ3n) is 7.03. The van der Waals surface area contributed by atoms with E-state index in [1.807, 2.05) is 10.7 Å². The van der Waals surface area contributed by atoms with Crippen molar-refractivity contribution in [3.63, 3.8) is 0 Å². The van der Waals surface area contributed by atoms with Crippen LogP contribution in [0.2, 0.25) is 0 Å². The quantitative estimate of drug-likeness (QED) is 0.839. The molecule has 0 radical (unpaired) electrons. The molecule has 5 heterocycles. The fourth-order valence-electron chi connectivity index (χ4n) is 4.90. The Morgan fingerprint density at radius 3 is 2.66 bits per heavy atom. The number of likely N-dealkylation sites (tertiary alicyclic amines) is 1. The Kier molecular flexibility index (Phi) is 4.53. The van der Waals surface area contributed by atoms with Gasteiger partial charge in [-0.25, -0.2) is 4.98 Å². The molecule has 2 aromatic heterocycles. The van der Waals surface area contributed by atoms with Gasteiger partial charge in [0.05, 0.1) is 17.8 Å². The number of carbonyl (C=O) groups excluding carboxylic acids is 1. The third kappa shape index (κ3) is 3.29. The van der Waals surface area contributed by atoms with Crippen LogP contribution in [0.25, 0.3) is 5.65 Å². The van der Waals surface area contributed by atoms with Gasteiger partial charge in [0.15, 0.2) is 5.65 Å². The molecular formula is C22H32N6O. The topological polar surface area (TPSA) is 65.8 Å². The molecule has 3 aliphatic heterocycles. The lowest BCUT2D eigenvalue weighted by atomic mass is 9.82. The van der Waals surface area contributed by atoms with E-state index < -0.39 is 0 Å². The molecule has 0 bridgehead atoms. The van der Waals surface area contributed by atoms with E-state index in [0.29, 0.717) is 11.3 Å². The second kappa shape index (κ2) is 6.97. The minimum atomic E-state index is 0.107. The van der Waals surface area contributed by atoms with Gasteiger partial charge in [-0.15, -0.1) is 0 Å². The molecule has 1 amide bonds. The van der Waals surface area contributed by atoms with Crippen LogP contribution in [0.3, 0.4) is 0 Å². The van der Waals surface area contributed by atoms with Gasteiger partial charge in [0.2, 0.25) is 5.91 Å². The first-order chi connectivity index (χ1) is 13.9. The Bertz CT molecular complexity index is 932. The van der Waals surface area contributed by atoms with Crippen molar-refractivity contribution in [2.24, 2.45) is 11.3 Å². The Hall–Kier alpha value is -2.15. The molecule has 1 N–H and O–H groups in total. The van der Waals surface area contributed by atoms with Crippen LogP contribution in [-0.2, 0) is 17.6 Å². The average molecular weight is 397 g/mol. The number of hydrogen-bond donors (Lipinski definition) is 1. The van der Waals surface area contributed by atoms with E-state index in [1.165, 1.54) is 11.3 Å². The zero-order chi connectivity index (χ0) is 20.2. The van der Waals surface area contributed by atoms with E-state index in [4.69, 9.17) is 4.98 Å². The zero-order valence-corrected chi connectivity index (χ0v) is 17.9. The molecule has 2 saturated heterocycles. The van der Waals surface area contributed by atoms with Crippen LogP contribution in [0.1, 0.15) is 43.5 Å². The highest BCUT2D eigenvalue weighted by molar-refractivity contribution is 5.82. The smallest absolute Gasteiger partial charge is 0.229 e. The van der Waals surface area contributed by atoms with Gasteiger partial charge in [-0.2, -0.15) is 9.61 Å². The van der Waals surface area contributed by atoms with Gasteiger partial charge >= 0.3 is 0 Å². The SMILES string of the molecule is Cc1cnn2c(N3CC(C(=O)N4CCC(C)(C)CC4)C3)c3c(nc12)CCNCC3. The first-order valence-electron chi connectivity index (χ1n) is 11.0. The molecule has 156 valence electrons.